The second kappa shape index (κ2) is 5.87. The van der Waals surface area contributed by atoms with Gasteiger partial charge in [-0.05, 0) is 31.0 Å². The van der Waals surface area contributed by atoms with Crippen molar-refractivity contribution in [3.63, 3.8) is 0 Å². The van der Waals surface area contributed by atoms with E-state index in [-0.39, 0.29) is 6.03 Å². The molecule has 1 aliphatic rings. The molecule has 0 radical (unpaired) electrons. The highest BCUT2D eigenvalue weighted by atomic mass is 16.2. The maximum atomic E-state index is 12.2. The first kappa shape index (κ1) is 12.9. The van der Waals surface area contributed by atoms with Crippen molar-refractivity contribution in [3.05, 3.63) is 29.8 Å². The van der Waals surface area contributed by atoms with Gasteiger partial charge < -0.3 is 15.5 Å². The molecule has 0 aromatic heterocycles. The Morgan fingerprint density at radius 1 is 1.50 bits per heavy atom. The van der Waals surface area contributed by atoms with Gasteiger partial charge in [0.25, 0.3) is 0 Å². The van der Waals surface area contributed by atoms with Gasteiger partial charge in [0.15, 0.2) is 0 Å². The Morgan fingerprint density at radius 3 is 2.83 bits per heavy atom. The summed E-state index contributed by atoms with van der Waals surface area (Å²) < 4.78 is 0. The molecule has 2 rings (SSSR count). The Balaban J connectivity index is 2.00. The number of nitrogens with one attached hydrogen (secondary N) is 2. The van der Waals surface area contributed by atoms with Crippen LogP contribution in [0.3, 0.4) is 0 Å². The summed E-state index contributed by atoms with van der Waals surface area (Å²) in [4.78, 5) is 14.2. The molecule has 1 aromatic carbocycles. The van der Waals surface area contributed by atoms with Gasteiger partial charge in [-0.2, -0.15) is 0 Å². The predicted octanol–water partition coefficient (Wildman–Crippen LogP) is 2.21. The zero-order valence-corrected chi connectivity index (χ0v) is 11.1. The zero-order valence-electron chi connectivity index (χ0n) is 11.1. The van der Waals surface area contributed by atoms with E-state index >= 15 is 0 Å². The smallest absolute Gasteiger partial charge is 0.319 e. The molecule has 1 fully saturated rings. The van der Waals surface area contributed by atoms with Gasteiger partial charge in [-0.3, -0.25) is 0 Å². The van der Waals surface area contributed by atoms with E-state index in [2.05, 4.69) is 17.6 Å². The van der Waals surface area contributed by atoms with Crippen LogP contribution in [-0.2, 0) is 0 Å². The molecule has 18 heavy (non-hydrogen) atoms. The van der Waals surface area contributed by atoms with Crippen LogP contribution in [-0.4, -0.2) is 36.6 Å². The van der Waals surface area contributed by atoms with Crippen molar-refractivity contribution in [2.75, 3.05) is 25.0 Å². The molecule has 1 aromatic rings. The molecule has 2 N–H and O–H groups in total. The Kier molecular flexibility index (Phi) is 4.20. The minimum atomic E-state index is 0.00829. The van der Waals surface area contributed by atoms with Crippen LogP contribution in [0.1, 0.15) is 18.9 Å². The fourth-order valence-electron chi connectivity index (χ4n) is 2.10. The molecule has 0 bridgehead atoms. The number of nitrogens with zero attached hydrogens (tertiary/aromatic N) is 1. The molecule has 1 heterocycles. The first-order valence-corrected chi connectivity index (χ1v) is 6.55. The van der Waals surface area contributed by atoms with Crippen LogP contribution in [0.25, 0.3) is 0 Å². The lowest BCUT2D eigenvalue weighted by Gasteiger charge is -2.38. The minimum absolute atomic E-state index is 0.00829. The van der Waals surface area contributed by atoms with Crippen LogP contribution >= 0.6 is 0 Å². The van der Waals surface area contributed by atoms with E-state index in [1.54, 1.807) is 0 Å². The number of rotatable bonds is 4. The molecule has 2 amide bonds. The molecule has 98 valence electrons. The second-order valence-corrected chi connectivity index (χ2v) is 4.81. The predicted molar refractivity (Wildman–Crippen MR) is 73.9 cm³/mol. The van der Waals surface area contributed by atoms with Crippen LogP contribution in [0.2, 0.25) is 0 Å². The van der Waals surface area contributed by atoms with E-state index in [1.165, 1.54) is 0 Å². The van der Waals surface area contributed by atoms with Crippen molar-refractivity contribution in [2.24, 2.45) is 0 Å². The number of hydrogen-bond acceptors (Lipinski definition) is 2. The zero-order chi connectivity index (χ0) is 13.0. The van der Waals surface area contributed by atoms with Gasteiger partial charge in [-0.25, -0.2) is 4.79 Å². The number of carbonyl (C=O) groups is 1. The van der Waals surface area contributed by atoms with E-state index in [9.17, 15) is 4.79 Å². The minimum Gasteiger partial charge on any atom is -0.319 e. The fourth-order valence-corrected chi connectivity index (χ4v) is 2.10. The second-order valence-electron chi connectivity index (χ2n) is 4.81. The highest BCUT2D eigenvalue weighted by Crippen LogP contribution is 2.13. The Hall–Kier alpha value is -1.55. The number of urea groups is 1. The van der Waals surface area contributed by atoms with Crippen molar-refractivity contribution in [3.8, 4) is 0 Å². The average Bonchev–Trinajstić information content (AvgIpc) is 2.26. The van der Waals surface area contributed by atoms with E-state index in [0.717, 1.165) is 37.3 Å². The molecule has 1 aliphatic heterocycles. The SMILES string of the molecule is CCCN(C(=O)Nc1cccc(C)c1)C1CNC1. The van der Waals surface area contributed by atoms with E-state index in [0.29, 0.717) is 6.04 Å². The van der Waals surface area contributed by atoms with Crippen LogP contribution < -0.4 is 10.6 Å². The molecule has 0 spiro atoms. The number of benzene rings is 1. The normalized spacial score (nSPS) is 15.0. The molecule has 0 unspecified atom stereocenters. The highest BCUT2D eigenvalue weighted by molar-refractivity contribution is 5.89. The fraction of sp³-hybridized carbons (Fsp3) is 0.500. The Labute approximate surface area is 108 Å². The van der Waals surface area contributed by atoms with Crippen LogP contribution in [0.4, 0.5) is 10.5 Å². The van der Waals surface area contributed by atoms with Gasteiger partial charge in [0, 0.05) is 25.3 Å². The first-order chi connectivity index (χ1) is 8.70. The quantitative estimate of drug-likeness (QED) is 0.856. The van der Waals surface area contributed by atoms with Gasteiger partial charge in [-0.1, -0.05) is 19.1 Å². The van der Waals surface area contributed by atoms with Crippen molar-refractivity contribution in [1.29, 1.82) is 0 Å². The molecule has 0 saturated carbocycles. The van der Waals surface area contributed by atoms with Crippen LogP contribution in [0, 0.1) is 6.92 Å². The standard InChI is InChI=1S/C14H21N3O/c1-3-7-17(13-9-15-10-13)14(18)16-12-6-4-5-11(2)8-12/h4-6,8,13,15H,3,7,9-10H2,1-2H3,(H,16,18). The molecule has 0 aliphatic carbocycles. The third-order valence-electron chi connectivity index (χ3n) is 3.20. The molecular formula is C14H21N3O. The summed E-state index contributed by atoms with van der Waals surface area (Å²) >= 11 is 0. The average molecular weight is 247 g/mol. The third kappa shape index (κ3) is 3.01. The number of carbonyl (C=O) groups excluding carboxylic acids is 1. The highest BCUT2D eigenvalue weighted by Gasteiger charge is 2.27. The molecule has 0 atom stereocenters. The summed E-state index contributed by atoms with van der Waals surface area (Å²) in [5.41, 5.74) is 2.02. The monoisotopic (exact) mass is 247 g/mol. The van der Waals surface area contributed by atoms with Crippen LogP contribution in [0.5, 0.6) is 0 Å². The molecule has 4 nitrogen and oxygen atoms in total. The Morgan fingerprint density at radius 2 is 2.28 bits per heavy atom. The van der Waals surface area contributed by atoms with Crippen molar-refractivity contribution >= 4 is 11.7 Å². The number of aryl methyl sites for hydroxylation is 1. The maximum absolute atomic E-state index is 12.2. The summed E-state index contributed by atoms with van der Waals surface area (Å²) in [5, 5.41) is 6.18. The van der Waals surface area contributed by atoms with Gasteiger partial charge in [-0.15, -0.1) is 0 Å². The summed E-state index contributed by atoms with van der Waals surface area (Å²) in [5.74, 6) is 0. The lowest BCUT2D eigenvalue weighted by molar-refractivity contribution is 0.161. The summed E-state index contributed by atoms with van der Waals surface area (Å²) in [7, 11) is 0. The summed E-state index contributed by atoms with van der Waals surface area (Å²) in [6.07, 6.45) is 0.984. The molecule has 1 saturated heterocycles. The lowest BCUT2D eigenvalue weighted by atomic mass is 10.1. The molecular weight excluding hydrogens is 226 g/mol. The van der Waals surface area contributed by atoms with Gasteiger partial charge in [0.1, 0.15) is 0 Å². The topological polar surface area (TPSA) is 44.4 Å². The maximum Gasteiger partial charge on any atom is 0.322 e. The largest absolute Gasteiger partial charge is 0.322 e. The van der Waals surface area contributed by atoms with Crippen LogP contribution in [0.15, 0.2) is 24.3 Å². The van der Waals surface area contributed by atoms with Crippen molar-refractivity contribution in [1.82, 2.24) is 10.2 Å². The first-order valence-electron chi connectivity index (χ1n) is 6.55. The molecule has 4 heteroatoms. The summed E-state index contributed by atoms with van der Waals surface area (Å²) in [6.45, 7) is 6.74. The van der Waals surface area contributed by atoms with Gasteiger partial charge in [0.05, 0.1) is 6.04 Å². The van der Waals surface area contributed by atoms with Gasteiger partial charge >= 0.3 is 6.03 Å². The lowest BCUT2D eigenvalue weighted by Crippen LogP contribution is -2.59. The number of hydrogen-bond donors (Lipinski definition) is 2. The Bertz CT molecular complexity index is 415. The van der Waals surface area contributed by atoms with Crippen molar-refractivity contribution in [2.45, 2.75) is 26.3 Å². The van der Waals surface area contributed by atoms with Crippen molar-refractivity contribution < 1.29 is 4.79 Å². The number of anilines is 1. The summed E-state index contributed by atoms with van der Waals surface area (Å²) in [6, 6.07) is 8.24. The van der Waals surface area contributed by atoms with E-state index in [1.807, 2.05) is 36.1 Å². The van der Waals surface area contributed by atoms with E-state index < -0.39 is 0 Å². The third-order valence-corrected chi connectivity index (χ3v) is 3.20. The van der Waals surface area contributed by atoms with Gasteiger partial charge in [0.2, 0.25) is 0 Å². The number of amides is 2. The van der Waals surface area contributed by atoms with E-state index in [4.69, 9.17) is 0 Å².